The van der Waals surface area contributed by atoms with Crippen molar-refractivity contribution in [2.24, 2.45) is 15.6 Å². The molecule has 2 spiro atoms. The summed E-state index contributed by atoms with van der Waals surface area (Å²) in [6.07, 6.45) is 8.38. The first-order valence-electron chi connectivity index (χ1n) is 14.3. The number of amides is 2. The molecule has 0 N–H and O–H groups in total. The van der Waals surface area contributed by atoms with Gasteiger partial charge < -0.3 is 4.43 Å². The van der Waals surface area contributed by atoms with E-state index >= 15 is 0 Å². The van der Waals surface area contributed by atoms with Crippen LogP contribution < -0.4 is 0 Å². The van der Waals surface area contributed by atoms with Gasteiger partial charge in [-0.05, 0) is 56.7 Å². The third-order valence-corrected chi connectivity index (χ3v) is 21.1. The Balaban J connectivity index is 1.88. The molecule has 3 heterocycles. The molecule has 3 aliphatic heterocycles. The lowest BCUT2D eigenvalue weighted by Gasteiger charge is -2.49. The van der Waals surface area contributed by atoms with Crippen LogP contribution in [-0.4, -0.2) is 51.4 Å². The summed E-state index contributed by atoms with van der Waals surface area (Å²) in [4.78, 5) is 26.7. The second kappa shape index (κ2) is 8.95. The molecule has 210 valence electrons. The quantitative estimate of drug-likeness (QED) is 0.189. The van der Waals surface area contributed by atoms with Crippen molar-refractivity contribution in [2.75, 3.05) is 0 Å². The van der Waals surface area contributed by atoms with Gasteiger partial charge in [0.25, 0.3) is 0 Å². The maximum absolute atomic E-state index is 13.4. The molecule has 2 aliphatic carbocycles. The largest absolute Gasteiger partial charge is 0.545 e. The minimum absolute atomic E-state index is 0.00622. The Morgan fingerprint density at radius 3 is 1.58 bits per heavy atom. The lowest BCUT2D eigenvalue weighted by atomic mass is 9.69. The van der Waals surface area contributed by atoms with E-state index in [0.29, 0.717) is 0 Å². The van der Waals surface area contributed by atoms with Crippen LogP contribution in [0, 0.1) is 5.41 Å². The standard InChI is InChI=1S/C28H46N4O3P2Si/c1-19(33)31-29-21-15-11-13-17-27(21)28-18-14-12-16-22(28)30-32(20(2)34)37(28)24(36(27)31)23(25(3,4)5)35-38(9,10)26(6,7)8/h11-18H2,1-10H3/t27-,28-,36?,37?/m0/s1. The zero-order chi connectivity index (χ0) is 28.1. The van der Waals surface area contributed by atoms with Crippen molar-refractivity contribution in [3.05, 3.63) is 10.8 Å². The number of carbonyl (C=O) groups is 2. The molecule has 2 amide bonds. The number of hydrogen-bond donors (Lipinski definition) is 0. The second-order valence-electron chi connectivity index (χ2n) is 14.2. The molecule has 5 aliphatic rings. The van der Waals surface area contributed by atoms with Crippen molar-refractivity contribution < 1.29 is 14.0 Å². The van der Waals surface area contributed by atoms with Crippen molar-refractivity contribution in [3.8, 4) is 0 Å². The number of carbonyl (C=O) groups excluding carboxylic acids is 2. The summed E-state index contributed by atoms with van der Waals surface area (Å²) in [6.45, 7) is 21.5. The van der Waals surface area contributed by atoms with E-state index in [4.69, 9.17) is 14.6 Å². The van der Waals surface area contributed by atoms with Crippen LogP contribution in [0.4, 0.5) is 0 Å². The first-order valence-corrected chi connectivity index (χ1v) is 19.8. The van der Waals surface area contributed by atoms with Crippen molar-refractivity contribution >= 4 is 47.7 Å². The third-order valence-electron chi connectivity index (χ3n) is 9.59. The molecule has 38 heavy (non-hydrogen) atoms. The fourth-order valence-electron chi connectivity index (χ4n) is 6.84. The minimum Gasteiger partial charge on any atom is -0.545 e. The van der Waals surface area contributed by atoms with Gasteiger partial charge in [0.15, 0.2) is 0 Å². The summed E-state index contributed by atoms with van der Waals surface area (Å²) in [5.74, 6) is 1.03. The normalized spacial score (nSPS) is 32.7. The smallest absolute Gasteiger partial charge is 0.250 e. The molecule has 0 radical (unpaired) electrons. The van der Waals surface area contributed by atoms with Crippen LogP contribution in [0.5, 0.6) is 0 Å². The highest BCUT2D eigenvalue weighted by atomic mass is 31.2. The van der Waals surface area contributed by atoms with Crippen molar-refractivity contribution in [1.29, 1.82) is 0 Å². The Kier molecular flexibility index (Phi) is 6.69. The maximum atomic E-state index is 13.4. The number of hydrogen-bond acceptors (Lipinski definition) is 5. The van der Waals surface area contributed by atoms with Crippen LogP contribution in [0.3, 0.4) is 0 Å². The van der Waals surface area contributed by atoms with Crippen LogP contribution in [0.2, 0.25) is 18.1 Å². The van der Waals surface area contributed by atoms with Crippen LogP contribution in [0.1, 0.15) is 107 Å². The molecule has 10 heteroatoms. The Morgan fingerprint density at radius 2 is 1.24 bits per heavy atom. The Bertz CT molecular complexity index is 1100. The molecule has 0 bridgehead atoms. The first kappa shape index (κ1) is 28.4. The topological polar surface area (TPSA) is 74.6 Å². The summed E-state index contributed by atoms with van der Waals surface area (Å²) < 4.78 is 11.1. The van der Waals surface area contributed by atoms with Gasteiger partial charge in [-0.3, -0.25) is 9.59 Å². The van der Waals surface area contributed by atoms with E-state index in [1.54, 1.807) is 13.8 Å². The molecule has 0 aromatic rings. The van der Waals surface area contributed by atoms with E-state index in [9.17, 15) is 9.59 Å². The van der Waals surface area contributed by atoms with Gasteiger partial charge in [-0.1, -0.05) is 54.4 Å². The van der Waals surface area contributed by atoms with E-state index in [0.717, 1.165) is 57.1 Å². The molecule has 4 atom stereocenters. The molecule has 1 saturated heterocycles. The average molecular weight is 577 g/mol. The van der Waals surface area contributed by atoms with E-state index in [2.05, 4.69) is 54.6 Å². The van der Waals surface area contributed by atoms with Gasteiger partial charge in [-0.15, -0.1) is 0 Å². The molecule has 7 nitrogen and oxygen atoms in total. The van der Waals surface area contributed by atoms with Gasteiger partial charge >= 0.3 is 0 Å². The zero-order valence-corrected chi connectivity index (χ0v) is 27.9. The van der Waals surface area contributed by atoms with E-state index in [1.165, 1.54) is 16.5 Å². The summed E-state index contributed by atoms with van der Waals surface area (Å²) in [6, 6.07) is 0. The van der Waals surface area contributed by atoms with Gasteiger partial charge in [0.2, 0.25) is 20.1 Å². The van der Waals surface area contributed by atoms with Gasteiger partial charge in [0.05, 0.1) is 48.7 Å². The number of nitrogens with zero attached hydrogens (tertiary/aromatic N) is 4. The van der Waals surface area contributed by atoms with E-state index in [-0.39, 0.29) is 32.6 Å². The summed E-state index contributed by atoms with van der Waals surface area (Å²) >= 11 is 0. The Morgan fingerprint density at radius 1 is 0.816 bits per heavy atom. The van der Waals surface area contributed by atoms with Crippen LogP contribution >= 0.6 is 16.1 Å². The second-order valence-corrected chi connectivity index (χ2v) is 23.7. The van der Waals surface area contributed by atoms with Crippen molar-refractivity contribution in [1.82, 2.24) is 9.56 Å². The monoisotopic (exact) mass is 576 g/mol. The number of hydrazone groups is 2. The van der Waals surface area contributed by atoms with Gasteiger partial charge in [0.1, 0.15) is 0 Å². The van der Waals surface area contributed by atoms with Crippen molar-refractivity contribution in [2.45, 2.75) is 135 Å². The highest BCUT2D eigenvalue weighted by Crippen LogP contribution is 2.93. The number of rotatable bonds is 2. The lowest BCUT2D eigenvalue weighted by Crippen LogP contribution is -2.58. The molecule has 5 rings (SSSR count). The van der Waals surface area contributed by atoms with Gasteiger partial charge in [-0.2, -0.15) is 10.2 Å². The van der Waals surface area contributed by atoms with Gasteiger partial charge in [0, 0.05) is 19.3 Å². The predicted octanol–water partition coefficient (Wildman–Crippen LogP) is 8.09. The minimum atomic E-state index is -2.24. The number of allylic oxidation sites excluding steroid dienone is 1. The highest BCUT2D eigenvalue weighted by Gasteiger charge is 2.79. The molecule has 0 aromatic heterocycles. The van der Waals surface area contributed by atoms with Crippen LogP contribution in [0.15, 0.2) is 21.0 Å². The third kappa shape index (κ3) is 3.71. The molecule has 0 aromatic carbocycles. The van der Waals surface area contributed by atoms with E-state index in [1.807, 2.05) is 9.56 Å². The Hall–Kier alpha value is -1.10. The van der Waals surface area contributed by atoms with E-state index < -0.39 is 24.5 Å². The highest BCUT2D eigenvalue weighted by molar-refractivity contribution is 7.87. The summed E-state index contributed by atoms with van der Waals surface area (Å²) in [7, 11) is -4.56. The van der Waals surface area contributed by atoms with Crippen LogP contribution in [0.25, 0.3) is 0 Å². The molecular weight excluding hydrogens is 530 g/mol. The summed E-state index contributed by atoms with van der Waals surface area (Å²) in [5, 5.41) is 11.1. The fourth-order valence-corrected chi connectivity index (χ4v) is 17.6. The fraction of sp³-hybridized carbons (Fsp3) is 0.786. The molecule has 3 fully saturated rings. The van der Waals surface area contributed by atoms with Gasteiger partial charge in [-0.25, -0.2) is 9.56 Å². The molecule has 2 unspecified atom stereocenters. The zero-order valence-electron chi connectivity index (χ0n) is 25.1. The SMILES string of the molecule is CC(=O)N1N=C2CCCC[C@]23P1C(=C(O[Si](C)(C)C(C)(C)C)C(C)(C)C)P1N(C(C)=O)N=C2CCCC[C@@]213. The van der Waals surface area contributed by atoms with Crippen molar-refractivity contribution in [3.63, 3.8) is 0 Å². The summed E-state index contributed by atoms with van der Waals surface area (Å²) in [5.41, 5.74) is 2.11. The maximum Gasteiger partial charge on any atom is 0.250 e. The Labute approximate surface area is 232 Å². The molecule has 2 saturated carbocycles. The predicted molar refractivity (Wildman–Crippen MR) is 161 cm³/mol. The average Bonchev–Trinajstić information content (AvgIpc) is 3.39. The lowest BCUT2D eigenvalue weighted by molar-refractivity contribution is -0.124. The first-order chi connectivity index (χ1) is 17.5. The molecular formula is C28H46N4O3P2Si. The van der Waals surface area contributed by atoms with Crippen LogP contribution in [-0.2, 0) is 14.0 Å².